The molecule has 2 N–H and O–H groups in total. The first kappa shape index (κ1) is 22.1. The van der Waals surface area contributed by atoms with Crippen molar-refractivity contribution < 1.29 is 23.8 Å². The number of nitrogens with one attached hydrogen (secondary N) is 2. The first-order valence-electron chi connectivity index (χ1n) is 9.48. The van der Waals surface area contributed by atoms with E-state index in [1.54, 1.807) is 25.3 Å². The molecule has 0 bridgehead atoms. The van der Waals surface area contributed by atoms with Crippen molar-refractivity contribution in [1.82, 2.24) is 5.32 Å². The van der Waals surface area contributed by atoms with Crippen LogP contribution in [0.4, 0.5) is 10.5 Å². The third kappa shape index (κ3) is 6.41. The lowest BCUT2D eigenvalue weighted by Gasteiger charge is -2.24. The van der Waals surface area contributed by atoms with Crippen LogP contribution in [0.25, 0.3) is 0 Å². The first-order chi connectivity index (χ1) is 14.0. The van der Waals surface area contributed by atoms with Gasteiger partial charge in [0.15, 0.2) is 0 Å². The molecule has 0 saturated heterocycles. The molecule has 2 aromatic rings. The van der Waals surface area contributed by atoms with E-state index in [9.17, 15) is 9.59 Å². The summed E-state index contributed by atoms with van der Waals surface area (Å²) in [5.74, 6) is 0.614. The number of anilines is 1. The van der Waals surface area contributed by atoms with Crippen molar-refractivity contribution in [1.29, 1.82) is 0 Å². The van der Waals surface area contributed by atoms with Crippen LogP contribution in [-0.2, 0) is 16.1 Å². The van der Waals surface area contributed by atoms with Crippen LogP contribution < -0.4 is 20.1 Å². The molecule has 0 aliphatic carbocycles. The Bertz CT molecular complexity index is 810. The van der Waals surface area contributed by atoms with Crippen LogP contribution in [0, 0.1) is 5.92 Å². The molecule has 0 unspecified atom stereocenters. The molecule has 7 nitrogen and oxygen atoms in total. The van der Waals surface area contributed by atoms with Gasteiger partial charge in [0.1, 0.15) is 24.1 Å². The van der Waals surface area contributed by atoms with Crippen molar-refractivity contribution in [2.45, 2.75) is 32.9 Å². The van der Waals surface area contributed by atoms with Gasteiger partial charge in [-0.3, -0.25) is 4.79 Å². The second-order valence-corrected chi connectivity index (χ2v) is 6.62. The molecule has 0 spiro atoms. The summed E-state index contributed by atoms with van der Waals surface area (Å²) in [7, 11) is 3.06. The summed E-state index contributed by atoms with van der Waals surface area (Å²) in [4.78, 5) is 25.2. The first-order valence-corrected chi connectivity index (χ1v) is 9.48. The fourth-order valence-electron chi connectivity index (χ4n) is 2.72. The maximum Gasteiger partial charge on any atom is 0.408 e. The van der Waals surface area contributed by atoms with Gasteiger partial charge >= 0.3 is 6.09 Å². The third-order valence-corrected chi connectivity index (χ3v) is 4.65. The molecule has 2 rings (SSSR count). The number of hydrogen-bond donors (Lipinski definition) is 2. The number of carbonyl (C=O) groups is 2. The Balaban J connectivity index is 2.07. The van der Waals surface area contributed by atoms with E-state index in [0.717, 1.165) is 5.56 Å². The Kier molecular flexibility index (Phi) is 8.33. The largest absolute Gasteiger partial charge is 0.497 e. The minimum absolute atomic E-state index is 0.101. The van der Waals surface area contributed by atoms with Crippen molar-refractivity contribution in [2.24, 2.45) is 5.92 Å². The van der Waals surface area contributed by atoms with Crippen molar-refractivity contribution in [3.63, 3.8) is 0 Å². The average Bonchev–Trinajstić information content (AvgIpc) is 2.76. The number of benzene rings is 2. The lowest BCUT2D eigenvalue weighted by molar-refractivity contribution is -0.119. The van der Waals surface area contributed by atoms with Gasteiger partial charge in [-0.1, -0.05) is 50.6 Å². The van der Waals surface area contributed by atoms with E-state index in [2.05, 4.69) is 10.6 Å². The third-order valence-electron chi connectivity index (χ3n) is 4.65. The molecular weight excluding hydrogens is 372 g/mol. The van der Waals surface area contributed by atoms with Crippen molar-refractivity contribution in [3.8, 4) is 11.5 Å². The molecule has 0 heterocycles. The lowest BCUT2D eigenvalue weighted by Crippen LogP contribution is -2.47. The highest BCUT2D eigenvalue weighted by molar-refractivity contribution is 5.98. The standard InChI is InChI=1S/C22H28N2O5/c1-5-15(2)20(24-22(26)29-14-16-9-7-6-8-10-16)21(25)23-18-13-17(27-3)11-12-19(18)28-4/h6-13,15,20H,5,14H2,1-4H3,(H,23,25)(H,24,26)/t15-,20-/m0/s1. The molecule has 0 aliphatic heterocycles. The molecule has 29 heavy (non-hydrogen) atoms. The summed E-state index contributed by atoms with van der Waals surface area (Å²) in [6.07, 6.45) is 0.0543. The van der Waals surface area contributed by atoms with Crippen LogP contribution in [0.15, 0.2) is 48.5 Å². The maximum atomic E-state index is 12.9. The summed E-state index contributed by atoms with van der Waals surface area (Å²) < 4.78 is 15.8. The molecule has 2 aromatic carbocycles. The van der Waals surface area contributed by atoms with E-state index in [-0.39, 0.29) is 18.4 Å². The minimum atomic E-state index is -0.765. The Morgan fingerprint density at radius 1 is 1.03 bits per heavy atom. The van der Waals surface area contributed by atoms with E-state index >= 15 is 0 Å². The van der Waals surface area contributed by atoms with Crippen LogP contribution in [-0.4, -0.2) is 32.3 Å². The summed E-state index contributed by atoms with van der Waals surface area (Å²) in [6, 6.07) is 13.7. The maximum absolute atomic E-state index is 12.9. The highest BCUT2D eigenvalue weighted by Gasteiger charge is 2.27. The molecule has 0 radical (unpaired) electrons. The van der Waals surface area contributed by atoms with Crippen LogP contribution in [0.2, 0.25) is 0 Å². The molecular formula is C22H28N2O5. The van der Waals surface area contributed by atoms with Crippen molar-refractivity contribution >= 4 is 17.7 Å². The second-order valence-electron chi connectivity index (χ2n) is 6.62. The van der Waals surface area contributed by atoms with Crippen molar-refractivity contribution in [3.05, 3.63) is 54.1 Å². The SMILES string of the molecule is CC[C@H](C)[C@H](NC(=O)OCc1ccccc1)C(=O)Nc1cc(OC)ccc1OC. The van der Waals surface area contributed by atoms with E-state index in [0.29, 0.717) is 23.6 Å². The van der Waals surface area contributed by atoms with E-state index < -0.39 is 12.1 Å². The number of amides is 2. The average molecular weight is 400 g/mol. The van der Waals surface area contributed by atoms with Gasteiger partial charge in [-0.2, -0.15) is 0 Å². The number of hydrogen-bond acceptors (Lipinski definition) is 5. The van der Waals surface area contributed by atoms with Crippen LogP contribution in [0.5, 0.6) is 11.5 Å². The smallest absolute Gasteiger partial charge is 0.408 e. The zero-order chi connectivity index (χ0) is 21.2. The number of ether oxygens (including phenoxy) is 3. The molecule has 0 fully saturated rings. The van der Waals surface area contributed by atoms with E-state index in [1.807, 2.05) is 44.2 Å². The number of rotatable bonds is 9. The normalized spacial score (nSPS) is 12.4. The quantitative estimate of drug-likeness (QED) is 0.665. The van der Waals surface area contributed by atoms with Gasteiger partial charge in [-0.05, 0) is 23.6 Å². The molecule has 0 aromatic heterocycles. The van der Waals surface area contributed by atoms with Gasteiger partial charge < -0.3 is 24.8 Å². The summed E-state index contributed by atoms with van der Waals surface area (Å²) in [6.45, 7) is 3.98. The highest BCUT2D eigenvalue weighted by atomic mass is 16.5. The van der Waals surface area contributed by atoms with Gasteiger partial charge in [0.2, 0.25) is 5.91 Å². The molecule has 0 aliphatic rings. The Labute approximate surface area is 171 Å². The Morgan fingerprint density at radius 3 is 2.38 bits per heavy atom. The number of methoxy groups -OCH3 is 2. The summed E-state index contributed by atoms with van der Waals surface area (Å²) >= 11 is 0. The van der Waals surface area contributed by atoms with Gasteiger partial charge in [0, 0.05) is 6.07 Å². The topological polar surface area (TPSA) is 85.9 Å². The molecule has 2 amide bonds. The van der Waals surface area contributed by atoms with Crippen LogP contribution >= 0.6 is 0 Å². The van der Waals surface area contributed by atoms with Crippen molar-refractivity contribution in [2.75, 3.05) is 19.5 Å². The zero-order valence-corrected chi connectivity index (χ0v) is 17.2. The fourth-order valence-corrected chi connectivity index (χ4v) is 2.72. The monoisotopic (exact) mass is 400 g/mol. The zero-order valence-electron chi connectivity index (χ0n) is 17.2. The molecule has 7 heteroatoms. The van der Waals surface area contributed by atoms with E-state index in [1.165, 1.54) is 7.11 Å². The van der Waals surface area contributed by atoms with Gasteiger partial charge in [-0.15, -0.1) is 0 Å². The van der Waals surface area contributed by atoms with Gasteiger partial charge in [0.05, 0.1) is 19.9 Å². The highest BCUT2D eigenvalue weighted by Crippen LogP contribution is 2.29. The predicted molar refractivity (Wildman–Crippen MR) is 111 cm³/mol. The Morgan fingerprint density at radius 2 is 1.76 bits per heavy atom. The van der Waals surface area contributed by atoms with Crippen LogP contribution in [0.3, 0.4) is 0 Å². The summed E-state index contributed by atoms with van der Waals surface area (Å²) in [5, 5.41) is 5.50. The fraction of sp³-hybridized carbons (Fsp3) is 0.364. The summed E-state index contributed by atoms with van der Waals surface area (Å²) in [5.41, 5.74) is 1.33. The minimum Gasteiger partial charge on any atom is -0.497 e. The van der Waals surface area contributed by atoms with Gasteiger partial charge in [-0.25, -0.2) is 4.79 Å². The second kappa shape index (κ2) is 10.9. The van der Waals surface area contributed by atoms with E-state index in [4.69, 9.17) is 14.2 Å². The molecule has 2 atom stereocenters. The van der Waals surface area contributed by atoms with Crippen LogP contribution in [0.1, 0.15) is 25.8 Å². The molecule has 0 saturated carbocycles. The molecule has 156 valence electrons. The lowest BCUT2D eigenvalue weighted by atomic mass is 9.98. The Hall–Kier alpha value is -3.22. The number of alkyl carbamates (subject to hydrolysis) is 1. The number of carbonyl (C=O) groups excluding carboxylic acids is 2. The van der Waals surface area contributed by atoms with Gasteiger partial charge in [0.25, 0.3) is 0 Å². The predicted octanol–water partition coefficient (Wildman–Crippen LogP) is 3.98.